The zero-order valence-electron chi connectivity index (χ0n) is 7.67. The van der Waals surface area contributed by atoms with Gasteiger partial charge in [-0.25, -0.2) is 4.79 Å². The van der Waals surface area contributed by atoms with Crippen LogP contribution in [0.3, 0.4) is 0 Å². The van der Waals surface area contributed by atoms with Crippen molar-refractivity contribution < 1.29 is 14.6 Å². The van der Waals surface area contributed by atoms with Crippen molar-refractivity contribution in [3.8, 4) is 0 Å². The molecule has 1 saturated carbocycles. The van der Waals surface area contributed by atoms with Gasteiger partial charge >= 0.3 is 5.97 Å². The van der Waals surface area contributed by atoms with Crippen LogP contribution in [-0.2, 0) is 9.53 Å². The van der Waals surface area contributed by atoms with E-state index in [1.54, 1.807) is 6.92 Å². The van der Waals surface area contributed by atoms with Gasteiger partial charge in [0, 0.05) is 0 Å². The molecule has 0 radical (unpaired) electrons. The maximum Gasteiger partial charge on any atom is 0.338 e. The molecule has 0 heterocycles. The topological polar surface area (TPSA) is 46.5 Å². The van der Waals surface area contributed by atoms with Gasteiger partial charge < -0.3 is 9.84 Å². The third kappa shape index (κ3) is 1.61. The fourth-order valence-corrected chi connectivity index (χ4v) is 1.42. The molecule has 0 aromatic heterocycles. The number of hydrogen-bond acceptors (Lipinski definition) is 3. The number of aliphatic hydroxyl groups is 1. The average molecular weight is 172 g/mol. The van der Waals surface area contributed by atoms with Crippen LogP contribution in [0.5, 0.6) is 0 Å². The minimum atomic E-state index is -1.20. The Balaban J connectivity index is 2.58. The molecule has 1 N–H and O–H groups in total. The largest absolute Gasteiger partial charge is 0.464 e. The molecule has 1 atom stereocenters. The van der Waals surface area contributed by atoms with Gasteiger partial charge in [-0.3, -0.25) is 0 Å². The molecule has 0 aliphatic heterocycles. The minimum Gasteiger partial charge on any atom is -0.464 e. The summed E-state index contributed by atoms with van der Waals surface area (Å²) in [7, 11) is 0. The van der Waals surface area contributed by atoms with Crippen LogP contribution in [0, 0.1) is 5.92 Å². The van der Waals surface area contributed by atoms with Gasteiger partial charge in [0.05, 0.1) is 6.61 Å². The Bertz CT molecular complexity index is 175. The number of carbonyl (C=O) groups excluding carboxylic acids is 1. The molecule has 1 aliphatic rings. The van der Waals surface area contributed by atoms with Gasteiger partial charge in [-0.15, -0.1) is 0 Å². The highest BCUT2D eigenvalue weighted by molar-refractivity contribution is 5.80. The van der Waals surface area contributed by atoms with Crippen LogP contribution >= 0.6 is 0 Å². The average Bonchev–Trinajstić information content (AvgIpc) is 2.86. The molecule has 12 heavy (non-hydrogen) atoms. The molecule has 0 aromatic rings. The van der Waals surface area contributed by atoms with E-state index < -0.39 is 11.6 Å². The van der Waals surface area contributed by atoms with Crippen molar-refractivity contribution in [3.05, 3.63) is 0 Å². The maximum atomic E-state index is 11.3. The first-order valence-electron chi connectivity index (χ1n) is 4.54. The number of rotatable bonds is 4. The lowest BCUT2D eigenvalue weighted by Crippen LogP contribution is -2.41. The van der Waals surface area contributed by atoms with Crippen LogP contribution in [0.1, 0.15) is 33.1 Å². The second-order valence-corrected chi connectivity index (χ2v) is 3.27. The highest BCUT2D eigenvalue weighted by atomic mass is 16.5. The predicted molar refractivity (Wildman–Crippen MR) is 44.6 cm³/mol. The third-order valence-corrected chi connectivity index (χ3v) is 2.42. The van der Waals surface area contributed by atoms with Crippen LogP contribution in [0.4, 0.5) is 0 Å². The first kappa shape index (κ1) is 9.52. The van der Waals surface area contributed by atoms with Gasteiger partial charge in [0.25, 0.3) is 0 Å². The molecular weight excluding hydrogens is 156 g/mol. The molecule has 0 amide bonds. The van der Waals surface area contributed by atoms with E-state index in [1.807, 2.05) is 6.92 Å². The molecule has 0 saturated heterocycles. The fraction of sp³-hybridized carbons (Fsp3) is 0.889. The van der Waals surface area contributed by atoms with Crippen LogP contribution in [0.25, 0.3) is 0 Å². The van der Waals surface area contributed by atoms with Gasteiger partial charge in [-0.1, -0.05) is 6.92 Å². The lowest BCUT2D eigenvalue weighted by atomic mass is 9.95. The van der Waals surface area contributed by atoms with E-state index in [4.69, 9.17) is 4.74 Å². The summed E-state index contributed by atoms with van der Waals surface area (Å²) in [4.78, 5) is 11.3. The number of hydrogen-bond donors (Lipinski definition) is 1. The molecule has 70 valence electrons. The van der Waals surface area contributed by atoms with Crippen LogP contribution < -0.4 is 0 Å². The lowest BCUT2D eigenvalue weighted by Gasteiger charge is -2.23. The van der Waals surface area contributed by atoms with Crippen molar-refractivity contribution >= 4 is 5.97 Å². The SMILES string of the molecule is CCOC(=O)C(O)(CC)C1CC1. The van der Waals surface area contributed by atoms with Crippen molar-refractivity contribution in [2.24, 2.45) is 5.92 Å². The molecular formula is C9H16O3. The molecule has 0 bridgehead atoms. The highest BCUT2D eigenvalue weighted by Crippen LogP contribution is 2.42. The second-order valence-electron chi connectivity index (χ2n) is 3.27. The Morgan fingerprint density at radius 2 is 2.17 bits per heavy atom. The van der Waals surface area contributed by atoms with E-state index in [0.29, 0.717) is 13.0 Å². The van der Waals surface area contributed by atoms with Gasteiger partial charge in [-0.05, 0) is 32.1 Å². The van der Waals surface area contributed by atoms with Crippen LogP contribution in [0.15, 0.2) is 0 Å². The van der Waals surface area contributed by atoms with Crippen molar-refractivity contribution in [2.45, 2.75) is 38.7 Å². The quantitative estimate of drug-likeness (QED) is 0.646. The highest BCUT2D eigenvalue weighted by Gasteiger charge is 2.49. The van der Waals surface area contributed by atoms with E-state index >= 15 is 0 Å². The van der Waals surface area contributed by atoms with Crippen molar-refractivity contribution in [2.75, 3.05) is 6.61 Å². The smallest absolute Gasteiger partial charge is 0.338 e. The molecule has 1 rings (SSSR count). The Morgan fingerprint density at radius 1 is 1.58 bits per heavy atom. The second kappa shape index (κ2) is 3.44. The van der Waals surface area contributed by atoms with E-state index in [0.717, 1.165) is 12.8 Å². The summed E-state index contributed by atoms with van der Waals surface area (Å²) < 4.78 is 4.81. The Labute approximate surface area is 72.7 Å². The number of esters is 1. The summed E-state index contributed by atoms with van der Waals surface area (Å²) in [5, 5.41) is 9.88. The van der Waals surface area contributed by atoms with Gasteiger partial charge in [-0.2, -0.15) is 0 Å². The zero-order valence-corrected chi connectivity index (χ0v) is 7.67. The molecule has 3 heteroatoms. The van der Waals surface area contributed by atoms with Gasteiger partial charge in [0.2, 0.25) is 0 Å². The monoisotopic (exact) mass is 172 g/mol. The zero-order chi connectivity index (χ0) is 9.19. The van der Waals surface area contributed by atoms with Crippen LogP contribution in [-0.4, -0.2) is 23.3 Å². The molecule has 0 aromatic carbocycles. The standard InChI is InChI=1S/C9H16O3/c1-3-9(11,7-5-6-7)8(10)12-4-2/h7,11H,3-6H2,1-2H3. The first-order valence-corrected chi connectivity index (χ1v) is 4.54. The van der Waals surface area contributed by atoms with Crippen molar-refractivity contribution in [1.82, 2.24) is 0 Å². The minimum absolute atomic E-state index is 0.140. The van der Waals surface area contributed by atoms with E-state index in [-0.39, 0.29) is 5.92 Å². The lowest BCUT2D eigenvalue weighted by molar-refractivity contribution is -0.167. The van der Waals surface area contributed by atoms with E-state index in [1.165, 1.54) is 0 Å². The predicted octanol–water partition coefficient (Wildman–Crippen LogP) is 1.10. The number of ether oxygens (including phenoxy) is 1. The Morgan fingerprint density at radius 3 is 2.50 bits per heavy atom. The van der Waals surface area contributed by atoms with Crippen LogP contribution in [0.2, 0.25) is 0 Å². The van der Waals surface area contributed by atoms with Gasteiger partial charge in [0.15, 0.2) is 5.60 Å². The van der Waals surface area contributed by atoms with E-state index in [9.17, 15) is 9.90 Å². The first-order chi connectivity index (χ1) is 5.65. The fourth-order valence-electron chi connectivity index (χ4n) is 1.42. The van der Waals surface area contributed by atoms with Crippen molar-refractivity contribution in [3.63, 3.8) is 0 Å². The van der Waals surface area contributed by atoms with Crippen molar-refractivity contribution in [1.29, 1.82) is 0 Å². The summed E-state index contributed by atoms with van der Waals surface area (Å²) >= 11 is 0. The maximum absolute atomic E-state index is 11.3. The molecule has 1 fully saturated rings. The summed E-state index contributed by atoms with van der Waals surface area (Å²) in [6.45, 7) is 3.91. The summed E-state index contributed by atoms with van der Waals surface area (Å²) in [6, 6.07) is 0. The van der Waals surface area contributed by atoms with E-state index in [2.05, 4.69) is 0 Å². The summed E-state index contributed by atoms with van der Waals surface area (Å²) in [5.41, 5.74) is -1.20. The third-order valence-electron chi connectivity index (χ3n) is 2.42. The summed E-state index contributed by atoms with van der Waals surface area (Å²) in [6.07, 6.45) is 2.35. The summed E-state index contributed by atoms with van der Waals surface area (Å²) in [5.74, 6) is -0.309. The molecule has 3 nitrogen and oxygen atoms in total. The molecule has 0 spiro atoms. The Hall–Kier alpha value is -0.570. The number of carbonyl (C=O) groups is 1. The normalized spacial score (nSPS) is 21.6. The molecule has 1 unspecified atom stereocenters. The Kier molecular flexibility index (Phi) is 2.73. The molecule has 1 aliphatic carbocycles. The van der Waals surface area contributed by atoms with Gasteiger partial charge in [0.1, 0.15) is 0 Å².